The third kappa shape index (κ3) is 3.68. The van der Waals surface area contributed by atoms with Gasteiger partial charge in [-0.25, -0.2) is 4.98 Å². The second-order valence-electron chi connectivity index (χ2n) is 7.96. The third-order valence-electron chi connectivity index (χ3n) is 5.98. The predicted molar refractivity (Wildman–Crippen MR) is 121 cm³/mol. The van der Waals surface area contributed by atoms with Gasteiger partial charge in [-0.1, -0.05) is 24.3 Å². The number of hydrogen-bond donors (Lipinski definition) is 1. The number of pyridine rings is 1. The maximum absolute atomic E-state index is 13.2. The summed E-state index contributed by atoms with van der Waals surface area (Å²) in [5.41, 5.74) is 5.01. The average Bonchev–Trinajstić information content (AvgIpc) is 3.14. The quantitative estimate of drug-likeness (QED) is 0.537. The van der Waals surface area contributed by atoms with Crippen LogP contribution in [-0.2, 0) is 25.9 Å². The van der Waals surface area contributed by atoms with Crippen molar-refractivity contribution in [3.8, 4) is 0 Å². The molecule has 0 aliphatic heterocycles. The van der Waals surface area contributed by atoms with Gasteiger partial charge in [0.05, 0.1) is 18.3 Å². The Bertz CT molecular complexity index is 1250. The second kappa shape index (κ2) is 8.13. The van der Waals surface area contributed by atoms with E-state index in [9.17, 15) is 4.79 Å². The summed E-state index contributed by atoms with van der Waals surface area (Å²) in [7, 11) is 0. The van der Waals surface area contributed by atoms with Crippen LogP contribution in [0.3, 0.4) is 0 Å². The molecule has 0 amide bonds. The molecule has 1 N–H and O–H groups in total. The zero-order valence-electron chi connectivity index (χ0n) is 17.0. The minimum absolute atomic E-state index is 0.0700. The average molecular weight is 417 g/mol. The largest absolute Gasteiger partial charge is 0.310 e. The summed E-state index contributed by atoms with van der Waals surface area (Å²) in [6.07, 6.45) is 8.12. The van der Waals surface area contributed by atoms with Crippen molar-refractivity contribution in [3.05, 3.63) is 92.6 Å². The van der Waals surface area contributed by atoms with Crippen LogP contribution in [0.4, 0.5) is 0 Å². The summed E-state index contributed by atoms with van der Waals surface area (Å²) >= 11 is 1.68. The molecule has 0 bridgehead atoms. The standard InChI is InChI=1S/C24H24N4OS/c1-16-4-2-3-5-18(16)13-26-19-6-7-20-21(12-19)30-23-22(20)24(29)28(15-27-23)14-17-8-10-25-11-9-17/h2-5,8-11,15,19,26H,6-7,12-14H2,1H3. The smallest absolute Gasteiger partial charge is 0.262 e. The maximum atomic E-state index is 13.2. The molecule has 0 fully saturated rings. The number of rotatable bonds is 5. The van der Waals surface area contributed by atoms with E-state index in [1.54, 1.807) is 34.6 Å². The number of hydrogen-bond acceptors (Lipinski definition) is 5. The highest BCUT2D eigenvalue weighted by Crippen LogP contribution is 2.33. The van der Waals surface area contributed by atoms with E-state index in [1.807, 2.05) is 12.1 Å². The predicted octanol–water partition coefficient (Wildman–Crippen LogP) is 3.86. The van der Waals surface area contributed by atoms with Gasteiger partial charge in [-0.15, -0.1) is 11.3 Å². The molecular weight excluding hydrogens is 392 g/mol. The zero-order valence-corrected chi connectivity index (χ0v) is 17.8. The van der Waals surface area contributed by atoms with Crippen molar-refractivity contribution >= 4 is 21.6 Å². The molecule has 1 atom stereocenters. The summed E-state index contributed by atoms with van der Waals surface area (Å²) in [4.78, 5) is 24.0. The van der Waals surface area contributed by atoms with E-state index in [-0.39, 0.29) is 5.56 Å². The van der Waals surface area contributed by atoms with Crippen LogP contribution in [0.25, 0.3) is 10.2 Å². The molecule has 5 rings (SSSR count). The van der Waals surface area contributed by atoms with Crippen molar-refractivity contribution in [3.63, 3.8) is 0 Å². The highest BCUT2D eigenvalue weighted by molar-refractivity contribution is 7.18. The first-order valence-corrected chi connectivity index (χ1v) is 11.2. The van der Waals surface area contributed by atoms with E-state index in [4.69, 9.17) is 0 Å². The molecule has 4 aromatic rings. The van der Waals surface area contributed by atoms with Crippen LogP contribution in [-0.4, -0.2) is 20.6 Å². The van der Waals surface area contributed by atoms with Gasteiger partial charge in [0.2, 0.25) is 0 Å². The summed E-state index contributed by atoms with van der Waals surface area (Å²) in [5.74, 6) is 0. The van der Waals surface area contributed by atoms with Gasteiger partial charge < -0.3 is 5.32 Å². The van der Waals surface area contributed by atoms with Gasteiger partial charge in [0.1, 0.15) is 4.83 Å². The van der Waals surface area contributed by atoms with E-state index in [2.05, 4.69) is 46.5 Å². The van der Waals surface area contributed by atoms with Gasteiger partial charge >= 0.3 is 0 Å². The third-order valence-corrected chi connectivity index (χ3v) is 7.14. The number of thiophene rings is 1. The summed E-state index contributed by atoms with van der Waals surface area (Å²) < 4.78 is 1.72. The van der Waals surface area contributed by atoms with Gasteiger partial charge in [-0.05, 0) is 60.6 Å². The van der Waals surface area contributed by atoms with Gasteiger partial charge in [0, 0.05) is 29.9 Å². The molecule has 0 saturated carbocycles. The first-order valence-electron chi connectivity index (χ1n) is 10.4. The van der Waals surface area contributed by atoms with Crippen LogP contribution < -0.4 is 10.9 Å². The van der Waals surface area contributed by atoms with Crippen molar-refractivity contribution in [2.45, 2.75) is 45.3 Å². The van der Waals surface area contributed by atoms with Crippen LogP contribution >= 0.6 is 11.3 Å². The minimum Gasteiger partial charge on any atom is -0.310 e. The van der Waals surface area contributed by atoms with Crippen molar-refractivity contribution < 1.29 is 0 Å². The molecule has 0 saturated heterocycles. The fourth-order valence-electron chi connectivity index (χ4n) is 4.24. The van der Waals surface area contributed by atoms with E-state index in [0.29, 0.717) is 12.6 Å². The number of nitrogens with zero attached hydrogens (tertiary/aromatic N) is 3. The van der Waals surface area contributed by atoms with Crippen LogP contribution in [0, 0.1) is 6.92 Å². The van der Waals surface area contributed by atoms with E-state index < -0.39 is 0 Å². The molecule has 0 radical (unpaired) electrons. The molecule has 30 heavy (non-hydrogen) atoms. The number of fused-ring (bicyclic) bond motifs is 3. The van der Waals surface area contributed by atoms with Crippen molar-refractivity contribution in [1.82, 2.24) is 19.9 Å². The highest BCUT2D eigenvalue weighted by atomic mass is 32.1. The summed E-state index contributed by atoms with van der Waals surface area (Å²) in [6.45, 7) is 3.56. The first-order chi connectivity index (χ1) is 14.7. The molecule has 3 heterocycles. The Morgan fingerprint density at radius 3 is 2.87 bits per heavy atom. The Hall–Kier alpha value is -2.83. The van der Waals surface area contributed by atoms with Crippen molar-refractivity contribution in [1.29, 1.82) is 0 Å². The Morgan fingerprint density at radius 2 is 2.03 bits per heavy atom. The van der Waals surface area contributed by atoms with E-state index >= 15 is 0 Å². The monoisotopic (exact) mass is 416 g/mol. The molecule has 152 valence electrons. The number of benzene rings is 1. The van der Waals surface area contributed by atoms with Crippen LogP contribution in [0.15, 0.2) is 59.9 Å². The molecule has 0 spiro atoms. The lowest BCUT2D eigenvalue weighted by atomic mass is 9.93. The molecule has 3 aromatic heterocycles. The number of nitrogens with one attached hydrogen (secondary N) is 1. The Kier molecular flexibility index (Phi) is 5.19. The summed E-state index contributed by atoms with van der Waals surface area (Å²) in [5, 5.41) is 4.54. The minimum atomic E-state index is 0.0700. The fourth-order valence-corrected chi connectivity index (χ4v) is 5.49. The van der Waals surface area contributed by atoms with Gasteiger partial charge in [-0.2, -0.15) is 0 Å². The molecule has 1 aromatic carbocycles. The van der Waals surface area contributed by atoms with Gasteiger partial charge in [-0.3, -0.25) is 14.3 Å². The first kappa shape index (κ1) is 19.2. The highest BCUT2D eigenvalue weighted by Gasteiger charge is 2.25. The molecule has 6 heteroatoms. The molecule has 1 aliphatic rings. The number of aryl methyl sites for hydroxylation is 2. The lowest BCUT2D eigenvalue weighted by Crippen LogP contribution is -2.34. The molecule has 1 unspecified atom stereocenters. The van der Waals surface area contributed by atoms with E-state index in [1.165, 1.54) is 21.6 Å². The normalized spacial score (nSPS) is 16.0. The molecule has 1 aliphatic carbocycles. The van der Waals surface area contributed by atoms with Crippen molar-refractivity contribution in [2.75, 3.05) is 0 Å². The summed E-state index contributed by atoms with van der Waals surface area (Å²) in [6, 6.07) is 12.8. The Morgan fingerprint density at radius 1 is 1.20 bits per heavy atom. The fraction of sp³-hybridized carbons (Fsp3) is 0.292. The van der Waals surface area contributed by atoms with Crippen LogP contribution in [0.1, 0.15) is 33.6 Å². The van der Waals surface area contributed by atoms with Gasteiger partial charge in [0.15, 0.2) is 0 Å². The second-order valence-corrected chi connectivity index (χ2v) is 9.05. The van der Waals surface area contributed by atoms with Gasteiger partial charge in [0.25, 0.3) is 5.56 Å². The number of aromatic nitrogens is 3. The Balaban J connectivity index is 1.37. The van der Waals surface area contributed by atoms with E-state index in [0.717, 1.165) is 41.6 Å². The topological polar surface area (TPSA) is 59.8 Å². The Labute approximate surface area is 179 Å². The zero-order chi connectivity index (χ0) is 20.5. The SMILES string of the molecule is Cc1ccccc1CNC1CCc2c(sc3ncn(Cc4ccncc4)c(=O)c23)C1. The molecule has 5 nitrogen and oxygen atoms in total. The molecular formula is C24H24N4OS. The lowest BCUT2D eigenvalue weighted by Gasteiger charge is -2.24. The van der Waals surface area contributed by atoms with Crippen LogP contribution in [0.2, 0.25) is 0 Å². The van der Waals surface area contributed by atoms with Crippen molar-refractivity contribution in [2.24, 2.45) is 0 Å². The maximum Gasteiger partial charge on any atom is 0.262 e. The van der Waals surface area contributed by atoms with Crippen LogP contribution in [0.5, 0.6) is 0 Å². The lowest BCUT2D eigenvalue weighted by molar-refractivity contribution is 0.462.